The molecule has 0 bridgehead atoms. The molecule has 2 aliphatic carbocycles. The van der Waals surface area contributed by atoms with Crippen molar-refractivity contribution in [3.63, 3.8) is 0 Å². The summed E-state index contributed by atoms with van der Waals surface area (Å²) in [6, 6.07) is 7.28. The fraction of sp³-hybridized carbons (Fsp3) is 0.0909. The predicted octanol–water partition coefficient (Wildman–Crippen LogP) is 2.78. The lowest BCUT2D eigenvalue weighted by Crippen LogP contribution is -2.25. The zero-order valence-corrected chi connectivity index (χ0v) is 17.3. The number of nitrogen functional groups attached to an aromatic ring is 1. The van der Waals surface area contributed by atoms with Gasteiger partial charge >= 0.3 is 0 Å². The smallest absolute Gasteiger partial charge is 0.296 e. The molecule has 0 atom stereocenters. The Balaban J connectivity index is 2.01. The van der Waals surface area contributed by atoms with Crippen LogP contribution in [0.4, 0.5) is 11.4 Å². The number of nitrogens with two attached hydrogens (primary N) is 2. The highest BCUT2D eigenvalue weighted by atomic mass is 32.2. The van der Waals surface area contributed by atoms with Crippen molar-refractivity contribution in [3.8, 4) is 0 Å². The van der Waals surface area contributed by atoms with Crippen LogP contribution >= 0.6 is 0 Å². The fourth-order valence-corrected chi connectivity index (χ4v) is 4.36. The third-order valence-corrected chi connectivity index (χ3v) is 6.23. The van der Waals surface area contributed by atoms with Crippen molar-refractivity contribution in [1.29, 1.82) is 0 Å². The van der Waals surface area contributed by atoms with Gasteiger partial charge in [0.2, 0.25) is 0 Å². The molecule has 0 aromatic heterocycles. The molecule has 0 aliphatic heterocycles. The van der Waals surface area contributed by atoms with Crippen LogP contribution in [-0.4, -0.2) is 24.5 Å². The van der Waals surface area contributed by atoms with E-state index >= 15 is 0 Å². The number of hydrogen-bond acceptors (Lipinski definition) is 7. The minimum Gasteiger partial charge on any atom is -0.398 e. The molecule has 0 unspecified atom stereocenters. The summed E-state index contributed by atoms with van der Waals surface area (Å²) in [5.74, 6) is -1.08. The predicted molar refractivity (Wildman–Crippen MR) is 116 cm³/mol. The standard InChI is InChI=1S/C22H19N3O5S/c1-11-14(23)8-4-5-9-15(11)25-16-10-17(31(28,29)30)20(24)19-18(16)21(26)12-6-2-3-7-13(12)22(19)27/h2-4,6-10,25H,5,23-24H2,1H3,(H,28,29,30). The Morgan fingerprint density at radius 2 is 1.65 bits per heavy atom. The van der Waals surface area contributed by atoms with Crippen LogP contribution in [-0.2, 0) is 10.1 Å². The molecular weight excluding hydrogens is 418 g/mol. The second-order valence-corrected chi connectivity index (χ2v) is 8.62. The van der Waals surface area contributed by atoms with E-state index in [1.807, 2.05) is 12.2 Å². The number of carbonyl (C=O) groups is 2. The van der Waals surface area contributed by atoms with Gasteiger partial charge in [-0.1, -0.05) is 36.4 Å². The molecular formula is C22H19N3O5S. The summed E-state index contributed by atoms with van der Waals surface area (Å²) in [6.07, 6.45) is 5.94. The Kier molecular flexibility index (Phi) is 4.79. The van der Waals surface area contributed by atoms with Crippen molar-refractivity contribution in [2.24, 2.45) is 5.73 Å². The molecule has 158 valence electrons. The van der Waals surface area contributed by atoms with Crippen molar-refractivity contribution in [2.45, 2.75) is 18.2 Å². The molecule has 2 aliphatic rings. The van der Waals surface area contributed by atoms with Crippen LogP contribution in [0.25, 0.3) is 0 Å². The number of carbonyl (C=O) groups excluding carboxylic acids is 2. The van der Waals surface area contributed by atoms with Crippen LogP contribution in [0, 0.1) is 0 Å². The first-order chi connectivity index (χ1) is 14.6. The number of ketones is 2. The van der Waals surface area contributed by atoms with E-state index in [-0.39, 0.29) is 27.9 Å². The number of nitrogens with one attached hydrogen (secondary N) is 1. The van der Waals surface area contributed by atoms with Gasteiger partial charge in [0.1, 0.15) is 4.90 Å². The molecule has 31 heavy (non-hydrogen) atoms. The van der Waals surface area contributed by atoms with Crippen LogP contribution in [0.3, 0.4) is 0 Å². The second-order valence-electron chi connectivity index (χ2n) is 7.23. The minimum absolute atomic E-state index is 0.0324. The average molecular weight is 437 g/mol. The largest absolute Gasteiger partial charge is 0.398 e. The van der Waals surface area contributed by atoms with Gasteiger partial charge in [-0.15, -0.1) is 0 Å². The minimum atomic E-state index is -4.78. The second kappa shape index (κ2) is 7.22. The van der Waals surface area contributed by atoms with Gasteiger partial charge in [-0.25, -0.2) is 0 Å². The van der Waals surface area contributed by atoms with Gasteiger partial charge in [-0.2, -0.15) is 8.42 Å². The number of rotatable bonds is 3. The van der Waals surface area contributed by atoms with Gasteiger partial charge in [-0.05, 0) is 31.1 Å². The van der Waals surface area contributed by atoms with Gasteiger partial charge in [-0.3, -0.25) is 14.1 Å². The summed E-state index contributed by atoms with van der Waals surface area (Å²) in [5, 5.41) is 3.03. The molecule has 2 aromatic carbocycles. The van der Waals surface area contributed by atoms with Gasteiger partial charge in [0.05, 0.1) is 22.5 Å². The summed E-state index contributed by atoms with van der Waals surface area (Å²) in [5.41, 5.74) is 13.2. The van der Waals surface area contributed by atoms with Gasteiger partial charge in [0.15, 0.2) is 11.6 Å². The van der Waals surface area contributed by atoms with E-state index in [4.69, 9.17) is 11.5 Å². The van der Waals surface area contributed by atoms with Crippen LogP contribution < -0.4 is 16.8 Å². The van der Waals surface area contributed by atoms with E-state index in [9.17, 15) is 22.6 Å². The maximum Gasteiger partial charge on any atom is 0.296 e. The molecule has 0 heterocycles. The van der Waals surface area contributed by atoms with E-state index in [0.717, 1.165) is 6.07 Å². The van der Waals surface area contributed by atoms with Crippen LogP contribution in [0.15, 0.2) is 70.4 Å². The number of fused-ring (bicyclic) bond motifs is 2. The molecule has 6 N–H and O–H groups in total. The maximum absolute atomic E-state index is 13.3. The molecule has 0 saturated carbocycles. The topological polar surface area (TPSA) is 153 Å². The molecule has 2 aromatic rings. The Morgan fingerprint density at radius 1 is 1.03 bits per heavy atom. The molecule has 4 rings (SSSR count). The normalized spacial score (nSPS) is 15.9. The third kappa shape index (κ3) is 3.33. The maximum atomic E-state index is 13.3. The summed E-state index contributed by atoms with van der Waals surface area (Å²) >= 11 is 0. The summed E-state index contributed by atoms with van der Waals surface area (Å²) < 4.78 is 33.7. The van der Waals surface area contributed by atoms with E-state index in [0.29, 0.717) is 23.4 Å². The number of hydrogen-bond donors (Lipinski definition) is 4. The van der Waals surface area contributed by atoms with Crippen molar-refractivity contribution < 1.29 is 22.6 Å². The fourth-order valence-electron chi connectivity index (χ4n) is 3.71. The number of anilines is 2. The number of benzene rings is 2. The van der Waals surface area contributed by atoms with Crippen LogP contribution in [0.5, 0.6) is 0 Å². The average Bonchev–Trinajstić information content (AvgIpc) is 2.87. The zero-order valence-electron chi connectivity index (χ0n) is 16.5. The van der Waals surface area contributed by atoms with Crippen molar-refractivity contribution >= 4 is 33.1 Å². The SMILES string of the molecule is CC1=C(N)C=CCC=C1Nc1cc(S(=O)(=O)O)c(N)c2c1C(=O)c1ccccc1C2=O. The lowest BCUT2D eigenvalue weighted by molar-refractivity contribution is 0.0980. The molecule has 8 nitrogen and oxygen atoms in total. The van der Waals surface area contributed by atoms with Crippen LogP contribution in [0.2, 0.25) is 0 Å². The zero-order chi connectivity index (χ0) is 22.5. The van der Waals surface area contributed by atoms with Gasteiger partial charge < -0.3 is 16.8 Å². The van der Waals surface area contributed by atoms with Crippen molar-refractivity contribution in [3.05, 3.63) is 87.8 Å². The van der Waals surface area contributed by atoms with Gasteiger partial charge in [0, 0.05) is 22.5 Å². The highest BCUT2D eigenvalue weighted by Crippen LogP contribution is 2.40. The molecule has 0 radical (unpaired) electrons. The first-order valence-electron chi connectivity index (χ1n) is 9.34. The Hall–Kier alpha value is -3.69. The monoisotopic (exact) mass is 437 g/mol. The Morgan fingerprint density at radius 3 is 2.26 bits per heavy atom. The summed E-state index contributed by atoms with van der Waals surface area (Å²) in [4.78, 5) is 25.8. The summed E-state index contributed by atoms with van der Waals surface area (Å²) in [7, 11) is -4.78. The lowest BCUT2D eigenvalue weighted by Gasteiger charge is -2.24. The Bertz CT molecular complexity index is 1370. The third-order valence-electron chi connectivity index (χ3n) is 5.34. The van der Waals surface area contributed by atoms with Crippen molar-refractivity contribution in [1.82, 2.24) is 0 Å². The molecule has 9 heteroatoms. The van der Waals surface area contributed by atoms with E-state index in [1.54, 1.807) is 25.1 Å². The number of allylic oxidation sites excluding steroid dienone is 4. The van der Waals surface area contributed by atoms with Crippen molar-refractivity contribution in [2.75, 3.05) is 11.1 Å². The first kappa shape index (κ1) is 20.6. The van der Waals surface area contributed by atoms with E-state index < -0.39 is 32.3 Å². The molecule has 0 fully saturated rings. The summed E-state index contributed by atoms with van der Waals surface area (Å²) in [6.45, 7) is 1.76. The van der Waals surface area contributed by atoms with Gasteiger partial charge in [0.25, 0.3) is 10.1 Å². The Labute approximate surface area is 178 Å². The van der Waals surface area contributed by atoms with E-state index in [2.05, 4.69) is 5.32 Å². The quantitative estimate of drug-likeness (QED) is 0.360. The molecule has 0 saturated heterocycles. The lowest BCUT2D eigenvalue weighted by atomic mass is 9.82. The van der Waals surface area contributed by atoms with E-state index in [1.165, 1.54) is 12.1 Å². The molecule has 0 spiro atoms. The highest BCUT2D eigenvalue weighted by Gasteiger charge is 2.36. The van der Waals surface area contributed by atoms with Crippen LogP contribution in [0.1, 0.15) is 45.2 Å². The first-order valence-corrected chi connectivity index (χ1v) is 10.8. The molecule has 0 amide bonds. The highest BCUT2D eigenvalue weighted by molar-refractivity contribution is 7.86.